The van der Waals surface area contributed by atoms with Crippen LogP contribution in [-0.2, 0) is 29.0 Å². The minimum absolute atomic E-state index is 0.122. The summed E-state index contributed by atoms with van der Waals surface area (Å²) in [5.41, 5.74) is 0.0224. The molecular weight excluding hydrogens is 543 g/mol. The summed E-state index contributed by atoms with van der Waals surface area (Å²) in [6, 6.07) is 4.18. The van der Waals surface area contributed by atoms with E-state index in [4.69, 9.17) is 9.84 Å². The van der Waals surface area contributed by atoms with Crippen LogP contribution in [0.5, 0.6) is 5.75 Å². The average molecular weight is 577 g/mol. The number of thiophene rings is 1. The van der Waals surface area contributed by atoms with Gasteiger partial charge >= 0.3 is 5.69 Å². The molecule has 0 spiro atoms. The number of halogens is 1. The SMILES string of the molecule is CCN(C)C(=O)Cn1c(=O)c2c(C)c(-n3nccn3)sc2n(CCc2cc(F)ccc2OC)c1=O.COCCO. The molecule has 1 amide bonds. The highest BCUT2D eigenvalue weighted by atomic mass is 32.1. The highest BCUT2D eigenvalue weighted by molar-refractivity contribution is 7.21. The zero-order valence-corrected chi connectivity index (χ0v) is 23.9. The summed E-state index contributed by atoms with van der Waals surface area (Å²) in [6.07, 6.45) is 3.30. The number of rotatable bonds is 10. The van der Waals surface area contributed by atoms with Crippen molar-refractivity contribution in [1.29, 1.82) is 0 Å². The first-order valence-corrected chi connectivity index (χ1v) is 13.3. The second kappa shape index (κ2) is 14.0. The van der Waals surface area contributed by atoms with E-state index in [-0.39, 0.29) is 32.0 Å². The van der Waals surface area contributed by atoms with Crippen LogP contribution < -0.4 is 16.0 Å². The fourth-order valence-corrected chi connectivity index (χ4v) is 5.17. The molecule has 3 heterocycles. The van der Waals surface area contributed by atoms with E-state index in [9.17, 15) is 18.8 Å². The highest BCUT2D eigenvalue weighted by Crippen LogP contribution is 2.30. The molecule has 0 radical (unpaired) electrons. The quantitative estimate of drug-likeness (QED) is 0.301. The number of ether oxygens (including phenoxy) is 2. The summed E-state index contributed by atoms with van der Waals surface area (Å²) >= 11 is 1.21. The second-order valence-corrected chi connectivity index (χ2v) is 9.66. The van der Waals surface area contributed by atoms with Crippen molar-refractivity contribution in [2.75, 3.05) is 41.0 Å². The monoisotopic (exact) mass is 576 g/mol. The standard InChI is InChI=1S/C23H25FN6O4S.C3H8O2/c1-5-27(3)18(31)13-29-20(32)19-14(2)21(30-25-9-10-26-30)35-22(19)28(23(29)33)11-8-15-12-16(24)6-7-17(15)34-4;1-5-3-2-4/h6-7,9-10,12H,5,8,11,13H2,1-4H3;4H,2-3H2,1H3. The molecule has 0 atom stereocenters. The van der Waals surface area contributed by atoms with Gasteiger partial charge in [0.05, 0.1) is 38.1 Å². The molecule has 0 aliphatic rings. The Balaban J connectivity index is 0.000000810. The molecule has 12 nitrogen and oxygen atoms in total. The zero-order valence-electron chi connectivity index (χ0n) is 23.1. The number of aliphatic hydroxyl groups is 1. The van der Waals surface area contributed by atoms with Crippen LogP contribution in [0.1, 0.15) is 18.1 Å². The predicted molar refractivity (Wildman–Crippen MR) is 149 cm³/mol. The largest absolute Gasteiger partial charge is 0.496 e. The van der Waals surface area contributed by atoms with E-state index in [0.29, 0.717) is 45.2 Å². The minimum atomic E-state index is -0.614. The first kappa shape index (κ1) is 30.7. The molecule has 216 valence electrons. The molecule has 0 aliphatic heterocycles. The Morgan fingerprint density at radius 3 is 2.45 bits per heavy atom. The molecular formula is C26H33FN6O6S. The van der Waals surface area contributed by atoms with Gasteiger partial charge in [-0.3, -0.25) is 18.7 Å². The van der Waals surface area contributed by atoms with Gasteiger partial charge in [-0.2, -0.15) is 10.2 Å². The van der Waals surface area contributed by atoms with E-state index >= 15 is 0 Å². The van der Waals surface area contributed by atoms with Gasteiger partial charge in [0.15, 0.2) is 0 Å². The number of hydrogen-bond donors (Lipinski definition) is 1. The number of benzene rings is 1. The smallest absolute Gasteiger partial charge is 0.332 e. The molecule has 0 unspecified atom stereocenters. The summed E-state index contributed by atoms with van der Waals surface area (Å²) in [5, 5.41) is 17.2. The molecule has 1 N–H and O–H groups in total. The van der Waals surface area contributed by atoms with Crippen molar-refractivity contribution < 1.29 is 23.8 Å². The second-order valence-electron chi connectivity index (χ2n) is 8.69. The van der Waals surface area contributed by atoms with Gasteiger partial charge < -0.3 is 19.5 Å². The number of aliphatic hydroxyl groups excluding tert-OH is 1. The van der Waals surface area contributed by atoms with Crippen LogP contribution in [0.2, 0.25) is 0 Å². The first-order chi connectivity index (χ1) is 19.2. The van der Waals surface area contributed by atoms with Gasteiger partial charge in [-0.25, -0.2) is 9.18 Å². The number of nitrogens with zero attached hydrogens (tertiary/aromatic N) is 6. The Morgan fingerprint density at radius 2 is 1.88 bits per heavy atom. The van der Waals surface area contributed by atoms with Crippen molar-refractivity contribution in [3.8, 4) is 10.8 Å². The van der Waals surface area contributed by atoms with Crippen LogP contribution in [-0.4, -0.2) is 81.1 Å². The van der Waals surface area contributed by atoms with Crippen LogP contribution in [0, 0.1) is 12.7 Å². The number of carbonyl (C=O) groups excluding carboxylic acids is 1. The lowest BCUT2D eigenvalue weighted by molar-refractivity contribution is -0.130. The summed E-state index contributed by atoms with van der Waals surface area (Å²) in [5.74, 6) is -0.283. The molecule has 14 heteroatoms. The number of likely N-dealkylation sites (N-methyl/N-ethyl adjacent to an activating group) is 1. The Labute approximate surface area is 233 Å². The van der Waals surface area contributed by atoms with Gasteiger partial charge in [0.1, 0.15) is 27.9 Å². The maximum absolute atomic E-state index is 13.9. The maximum Gasteiger partial charge on any atom is 0.332 e. The van der Waals surface area contributed by atoms with Gasteiger partial charge in [0.25, 0.3) is 5.56 Å². The number of aryl methyl sites for hydroxylation is 3. The molecule has 0 aliphatic carbocycles. The van der Waals surface area contributed by atoms with Crippen molar-refractivity contribution in [2.45, 2.75) is 33.4 Å². The number of hydrogen-bond acceptors (Lipinski definition) is 9. The normalized spacial score (nSPS) is 10.9. The van der Waals surface area contributed by atoms with Crippen molar-refractivity contribution >= 4 is 27.5 Å². The van der Waals surface area contributed by atoms with E-state index in [2.05, 4.69) is 14.9 Å². The number of amides is 1. The van der Waals surface area contributed by atoms with Crippen LogP contribution in [0.3, 0.4) is 0 Å². The van der Waals surface area contributed by atoms with Crippen molar-refractivity contribution in [2.24, 2.45) is 0 Å². The van der Waals surface area contributed by atoms with Crippen LogP contribution in [0.15, 0.2) is 40.2 Å². The third kappa shape index (κ3) is 6.63. The summed E-state index contributed by atoms with van der Waals surface area (Å²) in [4.78, 5) is 42.8. The summed E-state index contributed by atoms with van der Waals surface area (Å²) in [6.45, 7) is 4.33. The fraction of sp³-hybridized carbons (Fsp3) is 0.423. The molecule has 4 rings (SSSR count). The maximum atomic E-state index is 13.9. The molecule has 0 bridgehead atoms. The fourth-order valence-electron chi connectivity index (χ4n) is 3.93. The molecule has 4 aromatic rings. The van der Waals surface area contributed by atoms with Crippen molar-refractivity contribution in [3.63, 3.8) is 0 Å². The molecule has 1 aromatic carbocycles. The van der Waals surface area contributed by atoms with Gasteiger partial charge in [-0.15, -0.1) is 4.80 Å². The Hall–Kier alpha value is -3.88. The van der Waals surface area contributed by atoms with Crippen LogP contribution in [0.25, 0.3) is 15.2 Å². The van der Waals surface area contributed by atoms with E-state index in [1.165, 1.54) is 63.3 Å². The zero-order chi connectivity index (χ0) is 29.4. The van der Waals surface area contributed by atoms with Crippen molar-refractivity contribution in [3.05, 3.63) is 68.4 Å². The van der Waals surface area contributed by atoms with Crippen molar-refractivity contribution in [1.82, 2.24) is 29.0 Å². The van der Waals surface area contributed by atoms with E-state index in [1.54, 1.807) is 28.0 Å². The summed E-state index contributed by atoms with van der Waals surface area (Å²) in [7, 11) is 4.65. The third-order valence-electron chi connectivity index (χ3n) is 6.21. The van der Waals surface area contributed by atoms with Gasteiger partial charge in [-0.1, -0.05) is 11.3 Å². The minimum Gasteiger partial charge on any atom is -0.496 e. The predicted octanol–water partition coefficient (Wildman–Crippen LogP) is 1.61. The first-order valence-electron chi connectivity index (χ1n) is 12.5. The topological polar surface area (TPSA) is 134 Å². The van der Waals surface area contributed by atoms with E-state index in [0.717, 1.165) is 4.57 Å². The van der Waals surface area contributed by atoms with Gasteiger partial charge in [0, 0.05) is 32.8 Å². The number of aromatic nitrogens is 5. The van der Waals surface area contributed by atoms with E-state index in [1.807, 2.05) is 0 Å². The average Bonchev–Trinajstić information content (AvgIpc) is 3.59. The lowest BCUT2D eigenvalue weighted by Crippen LogP contribution is -2.44. The molecule has 0 saturated heterocycles. The number of fused-ring (bicyclic) bond motifs is 1. The lowest BCUT2D eigenvalue weighted by atomic mass is 10.1. The number of carbonyl (C=O) groups is 1. The van der Waals surface area contributed by atoms with Gasteiger partial charge in [-0.05, 0) is 44.0 Å². The third-order valence-corrected chi connectivity index (χ3v) is 7.49. The Kier molecular flexibility index (Phi) is 10.7. The molecule has 40 heavy (non-hydrogen) atoms. The Bertz CT molecular complexity index is 1560. The molecule has 0 saturated carbocycles. The number of methoxy groups -OCH3 is 2. The van der Waals surface area contributed by atoms with Gasteiger partial charge in [0.2, 0.25) is 5.91 Å². The molecule has 3 aromatic heterocycles. The van der Waals surface area contributed by atoms with E-state index < -0.39 is 17.1 Å². The van der Waals surface area contributed by atoms with Crippen LogP contribution >= 0.6 is 11.3 Å². The summed E-state index contributed by atoms with van der Waals surface area (Å²) < 4.78 is 26.1. The Morgan fingerprint density at radius 1 is 1.18 bits per heavy atom. The lowest BCUT2D eigenvalue weighted by Gasteiger charge is -2.17. The highest BCUT2D eigenvalue weighted by Gasteiger charge is 2.23. The molecule has 0 fully saturated rings. The van der Waals surface area contributed by atoms with Crippen LogP contribution in [0.4, 0.5) is 4.39 Å².